The topological polar surface area (TPSA) is 22.1 Å². The molecule has 15 heavy (non-hydrogen) atoms. The SMILES string of the molecule is [B]c1ccc(OC(CC)C(F)(F)F)nc1. The summed E-state index contributed by atoms with van der Waals surface area (Å²) in [7, 11) is 5.34. The standard InChI is InChI=1S/C9H9BF3NO/c1-2-7(9(11,12)13)15-8-4-3-6(10)5-14-8/h3-5,7H,2H2,1H3. The van der Waals surface area contributed by atoms with Gasteiger partial charge < -0.3 is 4.74 Å². The zero-order valence-corrected chi connectivity index (χ0v) is 8.08. The molecule has 2 nitrogen and oxygen atoms in total. The number of aromatic nitrogens is 1. The van der Waals surface area contributed by atoms with Gasteiger partial charge in [0.15, 0.2) is 6.10 Å². The molecule has 0 saturated carbocycles. The van der Waals surface area contributed by atoms with Crippen LogP contribution in [0.5, 0.6) is 5.88 Å². The third-order valence-electron chi connectivity index (χ3n) is 1.76. The van der Waals surface area contributed by atoms with Gasteiger partial charge in [-0.25, -0.2) is 4.98 Å². The summed E-state index contributed by atoms with van der Waals surface area (Å²) < 4.78 is 41.6. The molecule has 1 heterocycles. The molecule has 6 heteroatoms. The first-order valence-corrected chi connectivity index (χ1v) is 4.38. The molecule has 0 aliphatic carbocycles. The van der Waals surface area contributed by atoms with Crippen LogP contribution in [-0.2, 0) is 0 Å². The second-order valence-electron chi connectivity index (χ2n) is 2.99. The van der Waals surface area contributed by atoms with Crippen molar-refractivity contribution in [3.05, 3.63) is 18.3 Å². The van der Waals surface area contributed by atoms with Crippen molar-refractivity contribution in [1.29, 1.82) is 0 Å². The maximum atomic E-state index is 12.3. The van der Waals surface area contributed by atoms with Crippen LogP contribution in [0.4, 0.5) is 13.2 Å². The Kier molecular flexibility index (Phi) is 3.60. The Hall–Kier alpha value is -1.20. The van der Waals surface area contributed by atoms with Crippen molar-refractivity contribution in [2.45, 2.75) is 25.6 Å². The van der Waals surface area contributed by atoms with E-state index in [1.54, 1.807) is 0 Å². The first-order chi connectivity index (χ1) is 6.93. The quantitative estimate of drug-likeness (QED) is 0.714. The smallest absolute Gasteiger partial charge is 0.425 e. The highest BCUT2D eigenvalue weighted by molar-refractivity contribution is 6.32. The molecule has 0 N–H and O–H groups in total. The number of hydrogen-bond donors (Lipinski definition) is 0. The highest BCUT2D eigenvalue weighted by Crippen LogP contribution is 2.25. The fraction of sp³-hybridized carbons (Fsp3) is 0.444. The van der Waals surface area contributed by atoms with Crippen molar-refractivity contribution in [2.24, 2.45) is 0 Å². The van der Waals surface area contributed by atoms with E-state index in [-0.39, 0.29) is 12.3 Å². The fourth-order valence-electron chi connectivity index (χ4n) is 0.989. The lowest BCUT2D eigenvalue weighted by Gasteiger charge is -2.19. The van der Waals surface area contributed by atoms with Gasteiger partial charge >= 0.3 is 6.18 Å². The lowest BCUT2D eigenvalue weighted by atomic mass is 9.99. The highest BCUT2D eigenvalue weighted by atomic mass is 19.4. The minimum atomic E-state index is -4.38. The molecule has 0 amide bonds. The number of hydrogen-bond acceptors (Lipinski definition) is 2. The van der Waals surface area contributed by atoms with E-state index in [0.29, 0.717) is 5.46 Å². The normalized spacial score (nSPS) is 13.6. The first kappa shape index (κ1) is 11.9. The summed E-state index contributed by atoms with van der Waals surface area (Å²) in [6, 6.07) is 2.75. The van der Waals surface area contributed by atoms with Gasteiger partial charge in [0.25, 0.3) is 0 Å². The Labute approximate surface area is 86.9 Å². The largest absolute Gasteiger partial charge is 0.465 e. The lowest BCUT2D eigenvalue weighted by molar-refractivity contribution is -0.196. The van der Waals surface area contributed by atoms with Crippen LogP contribution in [-0.4, -0.2) is 25.1 Å². The predicted octanol–water partition coefficient (Wildman–Crippen LogP) is 1.60. The minimum absolute atomic E-state index is 0.0756. The monoisotopic (exact) mass is 215 g/mol. The van der Waals surface area contributed by atoms with Gasteiger partial charge in [0.05, 0.1) is 0 Å². The van der Waals surface area contributed by atoms with Crippen LogP contribution in [0.3, 0.4) is 0 Å². The summed E-state index contributed by atoms with van der Waals surface area (Å²) in [5.41, 5.74) is 0.377. The van der Waals surface area contributed by atoms with Gasteiger partial charge in [-0.15, -0.1) is 0 Å². The van der Waals surface area contributed by atoms with Crippen molar-refractivity contribution in [3.8, 4) is 5.88 Å². The molecule has 0 aliphatic heterocycles. The molecule has 0 aromatic carbocycles. The maximum Gasteiger partial charge on any atom is 0.425 e. The maximum absolute atomic E-state index is 12.3. The van der Waals surface area contributed by atoms with Gasteiger partial charge in [-0.2, -0.15) is 13.2 Å². The Morgan fingerprint density at radius 2 is 2.13 bits per heavy atom. The number of alkyl halides is 3. The van der Waals surface area contributed by atoms with Gasteiger partial charge in [-0.1, -0.05) is 18.5 Å². The van der Waals surface area contributed by atoms with Crippen LogP contribution in [0, 0.1) is 0 Å². The van der Waals surface area contributed by atoms with E-state index in [9.17, 15) is 13.2 Å². The van der Waals surface area contributed by atoms with Crippen LogP contribution in [0.15, 0.2) is 18.3 Å². The van der Waals surface area contributed by atoms with Crippen molar-refractivity contribution in [3.63, 3.8) is 0 Å². The zero-order chi connectivity index (χ0) is 11.5. The summed E-state index contributed by atoms with van der Waals surface area (Å²) in [4.78, 5) is 3.63. The third kappa shape index (κ3) is 3.45. The Morgan fingerprint density at radius 1 is 1.47 bits per heavy atom. The second kappa shape index (κ2) is 4.55. The second-order valence-corrected chi connectivity index (χ2v) is 2.99. The lowest BCUT2D eigenvalue weighted by Crippen LogP contribution is -2.34. The summed E-state index contributed by atoms with van der Waals surface area (Å²) in [5, 5.41) is 0. The number of pyridine rings is 1. The van der Waals surface area contributed by atoms with Gasteiger partial charge in [-0.3, -0.25) is 0 Å². The van der Waals surface area contributed by atoms with Crippen LogP contribution in [0.2, 0.25) is 0 Å². The van der Waals surface area contributed by atoms with Crippen molar-refractivity contribution in [2.75, 3.05) is 0 Å². The molecule has 1 unspecified atom stereocenters. The highest BCUT2D eigenvalue weighted by Gasteiger charge is 2.40. The van der Waals surface area contributed by atoms with Gasteiger partial charge in [0, 0.05) is 6.20 Å². The zero-order valence-electron chi connectivity index (χ0n) is 8.08. The molecule has 1 aromatic rings. The summed E-state index contributed by atoms with van der Waals surface area (Å²) >= 11 is 0. The third-order valence-corrected chi connectivity index (χ3v) is 1.76. The molecule has 0 fully saturated rings. The number of halogens is 3. The number of ether oxygens (including phenoxy) is 1. The summed E-state index contributed by atoms with van der Waals surface area (Å²) in [5.74, 6) is -0.0756. The van der Waals surface area contributed by atoms with E-state index in [4.69, 9.17) is 12.6 Å². The Morgan fingerprint density at radius 3 is 2.53 bits per heavy atom. The molecule has 1 atom stereocenters. The van der Waals surface area contributed by atoms with Crippen molar-refractivity contribution < 1.29 is 17.9 Å². The molecule has 80 valence electrons. The number of nitrogens with zero attached hydrogens (tertiary/aromatic N) is 1. The Balaban J connectivity index is 2.71. The van der Waals surface area contributed by atoms with E-state index in [1.807, 2.05) is 0 Å². The van der Waals surface area contributed by atoms with E-state index < -0.39 is 12.3 Å². The fourth-order valence-corrected chi connectivity index (χ4v) is 0.989. The van der Waals surface area contributed by atoms with E-state index in [0.717, 1.165) is 0 Å². The van der Waals surface area contributed by atoms with E-state index >= 15 is 0 Å². The van der Waals surface area contributed by atoms with E-state index in [1.165, 1.54) is 25.3 Å². The molecule has 1 rings (SSSR count). The average molecular weight is 215 g/mol. The average Bonchev–Trinajstić information content (AvgIpc) is 2.15. The molecule has 0 aliphatic rings. The first-order valence-electron chi connectivity index (χ1n) is 4.38. The van der Waals surface area contributed by atoms with Crippen LogP contribution < -0.4 is 10.2 Å². The molecule has 0 bridgehead atoms. The predicted molar refractivity (Wildman–Crippen MR) is 50.4 cm³/mol. The summed E-state index contributed by atoms with van der Waals surface area (Å²) in [6.45, 7) is 1.40. The molecule has 0 spiro atoms. The van der Waals surface area contributed by atoms with Crippen LogP contribution in [0.1, 0.15) is 13.3 Å². The molecule has 1 aromatic heterocycles. The minimum Gasteiger partial charge on any atom is -0.465 e. The molecular formula is C9H9BF3NO. The van der Waals surface area contributed by atoms with Crippen molar-refractivity contribution in [1.82, 2.24) is 4.98 Å². The van der Waals surface area contributed by atoms with Crippen LogP contribution in [0.25, 0.3) is 0 Å². The Bertz CT molecular complexity index is 312. The van der Waals surface area contributed by atoms with Gasteiger partial charge in [-0.05, 0) is 12.5 Å². The van der Waals surface area contributed by atoms with Crippen LogP contribution >= 0.6 is 0 Å². The van der Waals surface area contributed by atoms with E-state index in [2.05, 4.69) is 4.98 Å². The van der Waals surface area contributed by atoms with Gasteiger partial charge in [0.2, 0.25) is 5.88 Å². The molecule has 2 radical (unpaired) electrons. The molecular weight excluding hydrogens is 206 g/mol. The summed E-state index contributed by atoms with van der Waals surface area (Å²) in [6.07, 6.45) is -5.11. The van der Waals surface area contributed by atoms with Gasteiger partial charge in [0.1, 0.15) is 7.85 Å². The molecule has 0 saturated heterocycles. The van der Waals surface area contributed by atoms with Crippen molar-refractivity contribution >= 4 is 13.3 Å². The number of rotatable bonds is 3.